The molecular weight excluding hydrogens is 244 g/mol. The van der Waals surface area contributed by atoms with Crippen LogP contribution in [0.5, 0.6) is 0 Å². The Morgan fingerprint density at radius 3 is 1.44 bits per heavy atom. The Morgan fingerprint density at radius 2 is 1.17 bits per heavy atom. The molecule has 4 heteroatoms. The Bertz CT molecular complexity index is 164. The second-order valence-corrected chi connectivity index (χ2v) is 7.89. The molecule has 0 radical (unpaired) electrons. The van der Waals surface area contributed by atoms with Crippen molar-refractivity contribution in [1.82, 2.24) is 0 Å². The highest BCUT2D eigenvalue weighted by Gasteiger charge is 2.40. The molecular formula is C14H32O3Si. The van der Waals surface area contributed by atoms with Crippen molar-refractivity contribution in [3.8, 4) is 0 Å². The molecule has 0 rings (SSSR count). The van der Waals surface area contributed by atoms with E-state index in [0.29, 0.717) is 5.92 Å². The molecule has 0 saturated heterocycles. The van der Waals surface area contributed by atoms with Crippen molar-refractivity contribution in [3.63, 3.8) is 0 Å². The summed E-state index contributed by atoms with van der Waals surface area (Å²) < 4.78 is 18.1. The van der Waals surface area contributed by atoms with E-state index in [2.05, 4.69) is 34.6 Å². The Balaban J connectivity index is 4.51. The van der Waals surface area contributed by atoms with Gasteiger partial charge in [-0.1, -0.05) is 34.6 Å². The third-order valence-corrected chi connectivity index (χ3v) is 5.44. The van der Waals surface area contributed by atoms with E-state index in [1.165, 1.54) is 0 Å². The van der Waals surface area contributed by atoms with E-state index in [1.807, 2.05) is 0 Å². The molecule has 0 bridgehead atoms. The molecule has 0 amide bonds. The first-order chi connectivity index (χ1) is 8.60. The zero-order valence-corrected chi connectivity index (χ0v) is 14.0. The maximum atomic E-state index is 6.03. The molecule has 0 aromatic heterocycles. The fraction of sp³-hybridized carbons (Fsp3) is 1.00. The fourth-order valence-corrected chi connectivity index (χ4v) is 4.74. The molecule has 0 heterocycles. The van der Waals surface area contributed by atoms with E-state index >= 15 is 0 Å². The van der Waals surface area contributed by atoms with Crippen LogP contribution in [0.25, 0.3) is 0 Å². The van der Waals surface area contributed by atoms with Crippen LogP contribution < -0.4 is 0 Å². The monoisotopic (exact) mass is 276 g/mol. The van der Waals surface area contributed by atoms with Crippen LogP contribution in [0.15, 0.2) is 0 Å². The minimum absolute atomic E-state index is 0.664. The molecule has 0 aliphatic carbocycles. The van der Waals surface area contributed by atoms with E-state index in [0.717, 1.165) is 51.5 Å². The van der Waals surface area contributed by atoms with Crippen molar-refractivity contribution in [3.05, 3.63) is 0 Å². The van der Waals surface area contributed by atoms with Gasteiger partial charge in [-0.2, -0.15) is 0 Å². The van der Waals surface area contributed by atoms with Gasteiger partial charge in [-0.3, -0.25) is 0 Å². The summed E-state index contributed by atoms with van der Waals surface area (Å²) in [7, 11) is -2.42. The first kappa shape index (κ1) is 18.1. The van der Waals surface area contributed by atoms with Gasteiger partial charge in [0.05, 0.1) is 0 Å². The van der Waals surface area contributed by atoms with Crippen LogP contribution in [0.1, 0.15) is 60.3 Å². The van der Waals surface area contributed by atoms with E-state index in [1.54, 1.807) is 0 Å². The van der Waals surface area contributed by atoms with Gasteiger partial charge in [0.25, 0.3) is 0 Å². The van der Waals surface area contributed by atoms with Crippen molar-refractivity contribution in [1.29, 1.82) is 0 Å². The smallest absolute Gasteiger partial charge is 0.373 e. The molecule has 0 atom stereocenters. The lowest BCUT2D eigenvalue weighted by Gasteiger charge is -2.30. The summed E-state index contributed by atoms with van der Waals surface area (Å²) in [6.45, 7) is 13.1. The Morgan fingerprint density at radius 1 is 0.778 bits per heavy atom. The van der Waals surface area contributed by atoms with Crippen LogP contribution in [-0.4, -0.2) is 28.6 Å². The number of hydrogen-bond donors (Lipinski definition) is 0. The standard InChI is InChI=1S/C14H32O3Si/c1-6-10-15-18(16-11-7-2,17-12-8-3)13-9-14(4)5/h14H,6-13H2,1-5H3. The predicted molar refractivity (Wildman–Crippen MR) is 78.7 cm³/mol. The largest absolute Gasteiger partial charge is 0.500 e. The lowest BCUT2D eigenvalue weighted by Crippen LogP contribution is -2.46. The molecule has 0 unspecified atom stereocenters. The quantitative estimate of drug-likeness (QED) is 0.499. The maximum Gasteiger partial charge on any atom is 0.500 e. The molecule has 0 saturated carbocycles. The van der Waals surface area contributed by atoms with Gasteiger partial charge in [0.1, 0.15) is 0 Å². The topological polar surface area (TPSA) is 27.7 Å². The summed E-state index contributed by atoms with van der Waals surface area (Å²) in [5, 5.41) is 0. The molecule has 0 aliphatic heterocycles. The lowest BCUT2D eigenvalue weighted by molar-refractivity contribution is 0.0579. The highest BCUT2D eigenvalue weighted by Crippen LogP contribution is 2.22. The van der Waals surface area contributed by atoms with Crippen LogP contribution in [-0.2, 0) is 13.3 Å². The zero-order valence-electron chi connectivity index (χ0n) is 13.0. The highest BCUT2D eigenvalue weighted by molar-refractivity contribution is 6.60. The lowest BCUT2D eigenvalue weighted by atomic mass is 10.2. The first-order valence-electron chi connectivity index (χ1n) is 7.52. The van der Waals surface area contributed by atoms with Gasteiger partial charge in [0.2, 0.25) is 0 Å². The van der Waals surface area contributed by atoms with Crippen molar-refractivity contribution in [2.75, 3.05) is 19.8 Å². The van der Waals surface area contributed by atoms with E-state index in [9.17, 15) is 0 Å². The molecule has 0 aromatic carbocycles. The van der Waals surface area contributed by atoms with Crippen LogP contribution in [0.2, 0.25) is 6.04 Å². The molecule has 0 fully saturated rings. The van der Waals surface area contributed by atoms with Crippen LogP contribution in [0, 0.1) is 5.92 Å². The molecule has 18 heavy (non-hydrogen) atoms. The third-order valence-electron chi connectivity index (χ3n) is 2.61. The van der Waals surface area contributed by atoms with Crippen LogP contribution in [0.4, 0.5) is 0 Å². The summed E-state index contributed by atoms with van der Waals surface area (Å²) in [5.41, 5.74) is 0. The number of hydrogen-bond acceptors (Lipinski definition) is 3. The number of rotatable bonds is 12. The third kappa shape index (κ3) is 8.24. The van der Waals surface area contributed by atoms with Gasteiger partial charge < -0.3 is 13.3 Å². The van der Waals surface area contributed by atoms with E-state index in [-0.39, 0.29) is 0 Å². The van der Waals surface area contributed by atoms with Gasteiger partial charge in [0, 0.05) is 25.9 Å². The van der Waals surface area contributed by atoms with Crippen molar-refractivity contribution < 1.29 is 13.3 Å². The first-order valence-corrected chi connectivity index (χ1v) is 9.45. The summed E-state index contributed by atoms with van der Waals surface area (Å²) in [6, 6.07) is 0.949. The van der Waals surface area contributed by atoms with Gasteiger partial charge in [-0.15, -0.1) is 0 Å². The summed E-state index contributed by atoms with van der Waals surface area (Å²) in [6.07, 6.45) is 4.16. The van der Waals surface area contributed by atoms with Gasteiger partial charge in [-0.05, 0) is 31.6 Å². The molecule has 110 valence electrons. The van der Waals surface area contributed by atoms with Gasteiger partial charge in [-0.25, -0.2) is 0 Å². The van der Waals surface area contributed by atoms with Crippen molar-refractivity contribution in [2.45, 2.75) is 66.3 Å². The second-order valence-electron chi connectivity index (χ2n) is 5.16. The maximum absolute atomic E-state index is 6.03. The SMILES string of the molecule is CCCO[Si](CCC(C)C)(OCCC)OCCC. The summed E-state index contributed by atoms with van der Waals surface area (Å²) >= 11 is 0. The summed E-state index contributed by atoms with van der Waals surface area (Å²) in [4.78, 5) is 0. The van der Waals surface area contributed by atoms with Crippen LogP contribution in [0.3, 0.4) is 0 Å². The minimum Gasteiger partial charge on any atom is -0.373 e. The summed E-state index contributed by atoms with van der Waals surface area (Å²) in [5.74, 6) is 0.664. The molecule has 3 nitrogen and oxygen atoms in total. The van der Waals surface area contributed by atoms with Crippen LogP contribution >= 0.6 is 0 Å². The molecule has 0 N–H and O–H groups in total. The fourth-order valence-electron chi connectivity index (χ4n) is 1.58. The Kier molecular flexibility index (Phi) is 11.0. The van der Waals surface area contributed by atoms with Gasteiger partial charge >= 0.3 is 8.80 Å². The zero-order chi connectivity index (χ0) is 13.9. The van der Waals surface area contributed by atoms with Crippen molar-refractivity contribution in [2.24, 2.45) is 5.92 Å². The molecule has 0 aliphatic rings. The average molecular weight is 276 g/mol. The molecule has 0 aromatic rings. The second kappa shape index (κ2) is 11.0. The van der Waals surface area contributed by atoms with Gasteiger partial charge in [0.15, 0.2) is 0 Å². The minimum atomic E-state index is -2.42. The van der Waals surface area contributed by atoms with E-state index < -0.39 is 8.80 Å². The highest BCUT2D eigenvalue weighted by atomic mass is 28.4. The normalized spacial score (nSPS) is 12.3. The average Bonchev–Trinajstić information content (AvgIpc) is 2.37. The predicted octanol–water partition coefficient (Wildman–Crippen LogP) is 4.25. The van der Waals surface area contributed by atoms with E-state index in [4.69, 9.17) is 13.3 Å². The molecule has 0 spiro atoms. The Hall–Kier alpha value is 0.0969. The van der Waals surface area contributed by atoms with Crippen molar-refractivity contribution >= 4 is 8.80 Å². The Labute approximate surface area is 115 Å².